The fourth-order valence-corrected chi connectivity index (χ4v) is 4.21. The van der Waals surface area contributed by atoms with Crippen LogP contribution < -0.4 is 17.5 Å². The lowest BCUT2D eigenvalue weighted by Crippen LogP contribution is -2.53. The van der Waals surface area contributed by atoms with Gasteiger partial charge < -0.3 is 25.2 Å². The summed E-state index contributed by atoms with van der Waals surface area (Å²) in [5.74, 6) is 5.98. The first kappa shape index (κ1) is 37.8. The van der Waals surface area contributed by atoms with E-state index < -0.39 is 35.6 Å². The van der Waals surface area contributed by atoms with Gasteiger partial charge in [0.15, 0.2) is 0 Å². The zero-order valence-electron chi connectivity index (χ0n) is 26.1. The number of carbonyl (C=O) groups excluding carboxylic acids is 3. The van der Waals surface area contributed by atoms with Crippen molar-refractivity contribution in [2.24, 2.45) is 21.6 Å². The molecule has 1 fully saturated rings. The van der Waals surface area contributed by atoms with E-state index >= 15 is 0 Å². The summed E-state index contributed by atoms with van der Waals surface area (Å²) in [5, 5.41) is 6.50. The minimum Gasteiger partial charge on any atom is -0.456 e. The average molecular weight is 620 g/mol. The topological polar surface area (TPSA) is 207 Å². The normalized spacial score (nSPS) is 16.7. The van der Waals surface area contributed by atoms with Gasteiger partial charge in [-0.2, -0.15) is 0 Å². The standard InChI is InChI=1S/C29H39FN5O5.CH2O.H3NO/c1-17-7-9-19(3)20(11-17)13-26(33-23-10-8-18(2)12-22(23)30)34-25(31)16-38-27(36)24-14-21(40-32)15-35(24)28(37)39-29(4,5)6;2*1-2/h7-12,21,24H,13-16H2,1-6,32H3,(H2,31,33,34);1H2;2H,1H2/q+1;;/t21?,24-;;/m0../s1. The number of ether oxygens (including phenoxy) is 2. The largest absolute Gasteiger partial charge is 0.456 e. The molecular formula is C30H44FN6O7+. The Labute approximate surface area is 256 Å². The first-order chi connectivity index (χ1) is 20.8. The van der Waals surface area contributed by atoms with Gasteiger partial charge in [0.2, 0.25) is 0 Å². The number of nitrogens with two attached hydrogens (primary N) is 2. The fraction of sp³-hybridized carbons (Fsp3) is 0.433. The van der Waals surface area contributed by atoms with Gasteiger partial charge in [-0.25, -0.2) is 40.6 Å². The Hall–Kier alpha value is -4.24. The van der Waals surface area contributed by atoms with Gasteiger partial charge in [0.05, 0.1) is 6.54 Å². The number of benzene rings is 2. The first-order valence-corrected chi connectivity index (χ1v) is 13.6. The van der Waals surface area contributed by atoms with E-state index in [9.17, 15) is 14.0 Å². The molecule has 2 atom stereocenters. The molecule has 1 saturated heterocycles. The molecule has 0 aromatic heterocycles. The van der Waals surface area contributed by atoms with Crippen LogP contribution in [-0.4, -0.2) is 71.5 Å². The Kier molecular flexibility index (Phi) is 15.3. The van der Waals surface area contributed by atoms with Crippen LogP contribution in [0.3, 0.4) is 0 Å². The van der Waals surface area contributed by atoms with Crippen LogP contribution >= 0.6 is 0 Å². The highest BCUT2D eigenvalue weighted by molar-refractivity contribution is 5.99. The number of aryl methyl sites for hydroxylation is 3. The molecule has 2 aromatic rings. The van der Waals surface area contributed by atoms with Crippen LogP contribution in [0.5, 0.6) is 0 Å². The van der Waals surface area contributed by atoms with Crippen LogP contribution in [0.4, 0.5) is 14.9 Å². The van der Waals surface area contributed by atoms with Crippen LogP contribution in [0.2, 0.25) is 0 Å². The van der Waals surface area contributed by atoms with E-state index in [1.54, 1.807) is 39.8 Å². The van der Waals surface area contributed by atoms with Gasteiger partial charge in [0.25, 0.3) is 0 Å². The Morgan fingerprint density at radius 1 is 1.11 bits per heavy atom. The maximum absolute atomic E-state index is 14.6. The van der Waals surface area contributed by atoms with Gasteiger partial charge in [-0.05, 0) is 70.4 Å². The summed E-state index contributed by atoms with van der Waals surface area (Å²) >= 11 is 0. The van der Waals surface area contributed by atoms with Crippen LogP contribution in [-0.2, 0) is 30.3 Å². The molecule has 44 heavy (non-hydrogen) atoms. The van der Waals surface area contributed by atoms with Crippen molar-refractivity contribution in [3.05, 3.63) is 64.5 Å². The highest BCUT2D eigenvalue weighted by atomic mass is 19.1. The summed E-state index contributed by atoms with van der Waals surface area (Å²) in [6, 6.07) is 9.79. The fourth-order valence-electron chi connectivity index (χ4n) is 4.21. The first-order valence-electron chi connectivity index (χ1n) is 13.6. The summed E-state index contributed by atoms with van der Waals surface area (Å²) in [6.07, 6.45) is -0.618. The molecule has 1 aliphatic heterocycles. The molecule has 1 unspecified atom stereocenters. The van der Waals surface area contributed by atoms with E-state index in [2.05, 4.69) is 21.8 Å². The third kappa shape index (κ3) is 11.8. The maximum Gasteiger partial charge on any atom is 0.411 e. The number of amides is 1. The van der Waals surface area contributed by atoms with Gasteiger partial charge in [-0.3, -0.25) is 4.90 Å². The highest BCUT2D eigenvalue weighted by Gasteiger charge is 2.43. The van der Waals surface area contributed by atoms with E-state index in [0.717, 1.165) is 22.3 Å². The Morgan fingerprint density at radius 2 is 1.73 bits per heavy atom. The Bertz CT molecular complexity index is 1330. The summed E-state index contributed by atoms with van der Waals surface area (Å²) in [7, 11) is 0. The molecule has 0 aliphatic carbocycles. The maximum atomic E-state index is 14.6. The summed E-state index contributed by atoms with van der Waals surface area (Å²) in [6.45, 7) is 12.7. The third-order valence-corrected chi connectivity index (χ3v) is 6.24. The minimum absolute atomic E-state index is 0.0308. The third-order valence-electron chi connectivity index (χ3n) is 6.24. The summed E-state index contributed by atoms with van der Waals surface area (Å²) in [5.41, 5.74) is 9.33. The quantitative estimate of drug-likeness (QED) is 0.155. The number of nitrogens with zero attached hydrogens (tertiary/aromatic N) is 3. The molecule has 0 bridgehead atoms. The van der Waals surface area contributed by atoms with Crippen LogP contribution in [0.1, 0.15) is 49.4 Å². The number of quaternary nitrogens is 1. The summed E-state index contributed by atoms with van der Waals surface area (Å²) < 4.78 is 25.5. The molecule has 1 aliphatic rings. The van der Waals surface area contributed by atoms with Gasteiger partial charge in [-0.15, -0.1) is 0 Å². The van der Waals surface area contributed by atoms with Crippen molar-refractivity contribution >= 4 is 36.2 Å². The van der Waals surface area contributed by atoms with Gasteiger partial charge in [-0.1, -0.05) is 29.8 Å². The number of carbonyl (C=O) groups is 3. The molecule has 14 heteroatoms. The molecule has 8 N–H and O–H groups in total. The summed E-state index contributed by atoms with van der Waals surface area (Å²) in [4.78, 5) is 48.9. The van der Waals surface area contributed by atoms with Crippen molar-refractivity contribution < 1.29 is 44.2 Å². The smallest absolute Gasteiger partial charge is 0.411 e. The second-order valence-corrected chi connectivity index (χ2v) is 11.0. The average Bonchev–Trinajstić information content (AvgIpc) is 3.41. The molecule has 2 aromatic carbocycles. The highest BCUT2D eigenvalue weighted by Crippen LogP contribution is 2.24. The predicted octanol–water partition coefficient (Wildman–Crippen LogP) is 2.62. The molecule has 0 saturated carbocycles. The predicted molar refractivity (Wildman–Crippen MR) is 163 cm³/mol. The van der Waals surface area contributed by atoms with E-state index in [1.807, 2.05) is 38.8 Å². The second kappa shape index (κ2) is 17.8. The molecule has 242 valence electrons. The Morgan fingerprint density at radius 3 is 2.32 bits per heavy atom. The molecule has 13 nitrogen and oxygen atoms in total. The number of aliphatic imine (C=N–C) groups is 2. The van der Waals surface area contributed by atoms with E-state index in [0.29, 0.717) is 0 Å². The lowest BCUT2D eigenvalue weighted by atomic mass is 10.0. The number of halogens is 1. The molecular weight excluding hydrogens is 575 g/mol. The second-order valence-electron chi connectivity index (χ2n) is 11.0. The van der Waals surface area contributed by atoms with Crippen LogP contribution in [0.25, 0.3) is 0 Å². The van der Waals surface area contributed by atoms with E-state index in [-0.39, 0.29) is 43.4 Å². The number of rotatable bonds is 7. The van der Waals surface area contributed by atoms with Crippen molar-refractivity contribution in [2.75, 3.05) is 13.2 Å². The SMILES string of the molecule is C=O.Cc1ccc(N=C(Cc2cc(C)ccc2C)N=C(N)COC(=O)[C@@H]2CC(O[NH3+])CN2C(=O)OC(C)(C)C)c(F)c1.NO. The monoisotopic (exact) mass is 619 g/mol. The lowest BCUT2D eigenvalue weighted by Gasteiger charge is -2.27. The van der Waals surface area contributed by atoms with Crippen molar-refractivity contribution in [1.82, 2.24) is 4.90 Å². The molecule has 1 heterocycles. The number of hydrogen-bond acceptors (Lipinski definition) is 9. The number of hydrogen-bond donors (Lipinski definition) is 4. The number of likely N-dealkylation sites (tertiary alicyclic amines) is 1. The molecule has 0 radical (unpaired) electrons. The van der Waals surface area contributed by atoms with Gasteiger partial charge >= 0.3 is 12.1 Å². The minimum atomic E-state index is -0.931. The van der Waals surface area contributed by atoms with Crippen molar-refractivity contribution in [3.8, 4) is 0 Å². The van der Waals surface area contributed by atoms with Crippen molar-refractivity contribution in [2.45, 2.75) is 72.1 Å². The lowest BCUT2D eigenvalue weighted by molar-refractivity contribution is -0.701. The van der Waals surface area contributed by atoms with Gasteiger partial charge in [0, 0.05) is 12.8 Å². The van der Waals surface area contributed by atoms with Crippen LogP contribution in [0.15, 0.2) is 46.4 Å². The zero-order chi connectivity index (χ0) is 33.6. The number of esters is 1. The van der Waals surface area contributed by atoms with Crippen molar-refractivity contribution in [3.63, 3.8) is 0 Å². The molecule has 0 spiro atoms. The van der Waals surface area contributed by atoms with Crippen molar-refractivity contribution in [1.29, 1.82) is 0 Å². The Balaban J connectivity index is 0.00000232. The van der Waals surface area contributed by atoms with E-state index in [1.165, 1.54) is 11.0 Å². The number of amidine groups is 2. The van der Waals surface area contributed by atoms with Gasteiger partial charge in [0.1, 0.15) is 54.3 Å². The molecule has 1 amide bonds. The van der Waals surface area contributed by atoms with Crippen LogP contribution in [0, 0.1) is 26.6 Å². The molecule has 3 rings (SSSR count). The zero-order valence-corrected chi connectivity index (χ0v) is 26.1. The van der Waals surface area contributed by atoms with E-state index in [4.69, 9.17) is 30.0 Å².